The number of furan rings is 1. The molecule has 0 fully saturated rings. The molecule has 0 atom stereocenters. The van der Waals surface area contributed by atoms with Gasteiger partial charge in [-0.15, -0.1) is 24.0 Å². The van der Waals surface area contributed by atoms with Gasteiger partial charge < -0.3 is 20.0 Å². The van der Waals surface area contributed by atoms with E-state index < -0.39 is 0 Å². The van der Waals surface area contributed by atoms with Gasteiger partial charge >= 0.3 is 0 Å². The highest BCUT2D eigenvalue weighted by molar-refractivity contribution is 14.0. The third-order valence-electron chi connectivity index (χ3n) is 4.93. The van der Waals surface area contributed by atoms with E-state index in [1.807, 2.05) is 43.0 Å². The normalized spacial score (nSPS) is 11.3. The minimum atomic E-state index is -0.277. The van der Waals surface area contributed by atoms with Gasteiger partial charge in [-0.3, -0.25) is 9.48 Å². The molecule has 3 aromatic rings. The maximum atomic E-state index is 12.2. The lowest BCUT2D eigenvalue weighted by Crippen LogP contribution is -2.38. The van der Waals surface area contributed by atoms with Crippen LogP contribution in [0.15, 0.2) is 58.3 Å². The minimum absolute atomic E-state index is 0. The van der Waals surface area contributed by atoms with Gasteiger partial charge in [0.15, 0.2) is 11.7 Å². The predicted molar refractivity (Wildman–Crippen MR) is 142 cm³/mol. The SMILES string of the molecule is CCNC(=NCc1cccc(NC(=O)c2ccco2)c1)N(C)Cc1cn(C)nc1C(C)C.I. The van der Waals surface area contributed by atoms with E-state index in [4.69, 9.17) is 9.41 Å². The van der Waals surface area contributed by atoms with Crippen LogP contribution in [0.2, 0.25) is 0 Å². The van der Waals surface area contributed by atoms with Crippen molar-refractivity contribution in [3.8, 4) is 0 Å². The molecule has 0 unspecified atom stereocenters. The molecule has 0 aliphatic rings. The number of guanidine groups is 1. The van der Waals surface area contributed by atoms with E-state index in [0.29, 0.717) is 24.7 Å². The van der Waals surface area contributed by atoms with Crippen LogP contribution in [0, 0.1) is 0 Å². The van der Waals surface area contributed by atoms with Gasteiger partial charge in [0.25, 0.3) is 5.91 Å². The Balaban J connectivity index is 0.00000385. The predicted octanol–water partition coefficient (Wildman–Crippen LogP) is 4.60. The number of carbonyl (C=O) groups is 1. The first-order chi connectivity index (χ1) is 15.4. The van der Waals surface area contributed by atoms with E-state index in [9.17, 15) is 4.79 Å². The first-order valence-corrected chi connectivity index (χ1v) is 10.8. The van der Waals surface area contributed by atoms with Gasteiger partial charge in [0, 0.05) is 44.6 Å². The maximum Gasteiger partial charge on any atom is 0.291 e. The highest BCUT2D eigenvalue weighted by Crippen LogP contribution is 2.19. The summed E-state index contributed by atoms with van der Waals surface area (Å²) in [6.45, 7) is 8.34. The number of aliphatic imine (C=N–C) groups is 1. The monoisotopic (exact) mass is 564 g/mol. The molecule has 9 heteroatoms. The quantitative estimate of drug-likeness (QED) is 0.237. The fourth-order valence-electron chi connectivity index (χ4n) is 3.48. The number of anilines is 1. The molecule has 2 aromatic heterocycles. The number of hydrogen-bond donors (Lipinski definition) is 2. The standard InChI is InChI=1S/C24H32N6O2.HI/c1-6-25-24(29(4)15-19-16-30(5)28-22(19)17(2)3)26-14-18-9-7-10-20(13-18)27-23(31)21-11-8-12-32-21;/h7-13,16-17H,6,14-15H2,1-5H3,(H,25,26)(H,27,31);1H. The first kappa shape index (κ1) is 26.4. The zero-order valence-corrected chi connectivity index (χ0v) is 22.2. The van der Waals surface area contributed by atoms with Gasteiger partial charge in [0.05, 0.1) is 18.5 Å². The van der Waals surface area contributed by atoms with Crippen molar-refractivity contribution in [2.24, 2.45) is 12.0 Å². The van der Waals surface area contributed by atoms with Crippen molar-refractivity contribution in [2.75, 3.05) is 18.9 Å². The number of halogens is 1. The zero-order chi connectivity index (χ0) is 23.1. The van der Waals surface area contributed by atoms with Crippen molar-refractivity contribution in [1.29, 1.82) is 0 Å². The van der Waals surface area contributed by atoms with E-state index in [1.54, 1.807) is 12.1 Å². The van der Waals surface area contributed by atoms with Crippen LogP contribution in [0.3, 0.4) is 0 Å². The highest BCUT2D eigenvalue weighted by atomic mass is 127. The summed E-state index contributed by atoms with van der Waals surface area (Å²) in [6, 6.07) is 11.0. The number of amides is 1. The van der Waals surface area contributed by atoms with Gasteiger partial charge in [0.1, 0.15) is 0 Å². The molecule has 2 N–H and O–H groups in total. The van der Waals surface area contributed by atoms with Crippen molar-refractivity contribution in [3.05, 3.63) is 71.4 Å². The van der Waals surface area contributed by atoms with Crippen molar-refractivity contribution in [1.82, 2.24) is 20.0 Å². The number of aryl methyl sites for hydroxylation is 1. The van der Waals surface area contributed by atoms with E-state index >= 15 is 0 Å². The summed E-state index contributed by atoms with van der Waals surface area (Å²) >= 11 is 0. The Morgan fingerprint density at radius 2 is 2.06 bits per heavy atom. The largest absolute Gasteiger partial charge is 0.459 e. The van der Waals surface area contributed by atoms with Gasteiger partial charge in [-0.05, 0) is 42.7 Å². The summed E-state index contributed by atoms with van der Waals surface area (Å²) in [5, 5.41) is 10.8. The molecule has 1 amide bonds. The first-order valence-electron chi connectivity index (χ1n) is 10.8. The highest BCUT2D eigenvalue weighted by Gasteiger charge is 2.15. The molecule has 3 rings (SSSR count). The number of nitrogens with zero attached hydrogens (tertiary/aromatic N) is 4. The third-order valence-corrected chi connectivity index (χ3v) is 4.93. The molecule has 0 saturated carbocycles. The Bertz CT molecular complexity index is 1060. The second kappa shape index (κ2) is 12.4. The van der Waals surface area contributed by atoms with E-state index in [0.717, 1.165) is 23.8 Å². The van der Waals surface area contributed by atoms with Crippen LogP contribution in [-0.4, -0.2) is 40.1 Å². The van der Waals surface area contributed by atoms with E-state index in [1.165, 1.54) is 11.8 Å². The molecule has 0 bridgehead atoms. The van der Waals surface area contributed by atoms with Crippen LogP contribution in [-0.2, 0) is 20.1 Å². The average Bonchev–Trinajstić information content (AvgIpc) is 3.41. The van der Waals surface area contributed by atoms with Crippen molar-refractivity contribution >= 4 is 41.5 Å². The molecule has 0 radical (unpaired) electrons. The molecule has 0 saturated heterocycles. The molecule has 178 valence electrons. The second-order valence-corrected chi connectivity index (χ2v) is 8.03. The lowest BCUT2D eigenvalue weighted by Gasteiger charge is -2.22. The van der Waals surface area contributed by atoms with Crippen molar-refractivity contribution in [2.45, 2.75) is 39.8 Å². The molecular formula is C24H33IN6O2. The van der Waals surface area contributed by atoms with Gasteiger partial charge in [0.2, 0.25) is 0 Å². The number of hydrogen-bond acceptors (Lipinski definition) is 4. The topological polar surface area (TPSA) is 87.7 Å². The Morgan fingerprint density at radius 1 is 1.27 bits per heavy atom. The van der Waals surface area contributed by atoms with Crippen molar-refractivity contribution < 1.29 is 9.21 Å². The zero-order valence-electron chi connectivity index (χ0n) is 19.8. The summed E-state index contributed by atoms with van der Waals surface area (Å²) in [6.07, 6.45) is 3.55. The Kier molecular flexibility index (Phi) is 9.95. The summed E-state index contributed by atoms with van der Waals surface area (Å²) in [5.41, 5.74) is 4.00. The smallest absolute Gasteiger partial charge is 0.291 e. The van der Waals surface area contributed by atoms with Crippen molar-refractivity contribution in [3.63, 3.8) is 0 Å². The van der Waals surface area contributed by atoms with Crippen LogP contribution in [0.5, 0.6) is 0 Å². The number of carbonyl (C=O) groups excluding carboxylic acids is 1. The number of nitrogens with one attached hydrogen (secondary N) is 2. The summed E-state index contributed by atoms with van der Waals surface area (Å²) in [5.74, 6) is 1.18. The molecule has 0 aliphatic heterocycles. The number of rotatable bonds is 8. The average molecular weight is 564 g/mol. The summed E-state index contributed by atoms with van der Waals surface area (Å²) in [7, 11) is 3.98. The Hall–Kier alpha value is -2.82. The lowest BCUT2D eigenvalue weighted by molar-refractivity contribution is 0.0996. The summed E-state index contributed by atoms with van der Waals surface area (Å²) < 4.78 is 7.02. The maximum absolute atomic E-state index is 12.2. The molecule has 33 heavy (non-hydrogen) atoms. The van der Waals surface area contributed by atoms with Crippen LogP contribution in [0.4, 0.5) is 5.69 Å². The van der Waals surface area contributed by atoms with Crippen LogP contribution in [0.25, 0.3) is 0 Å². The minimum Gasteiger partial charge on any atom is -0.459 e. The molecule has 0 aliphatic carbocycles. The fraction of sp³-hybridized carbons (Fsp3) is 0.375. The molecule has 1 aromatic carbocycles. The van der Waals surface area contributed by atoms with Gasteiger partial charge in [-0.25, -0.2) is 4.99 Å². The van der Waals surface area contributed by atoms with Crippen LogP contribution >= 0.6 is 24.0 Å². The van der Waals surface area contributed by atoms with Crippen LogP contribution < -0.4 is 10.6 Å². The van der Waals surface area contributed by atoms with E-state index in [2.05, 4.69) is 47.6 Å². The number of aromatic nitrogens is 2. The van der Waals surface area contributed by atoms with Crippen LogP contribution in [0.1, 0.15) is 54.1 Å². The molecule has 2 heterocycles. The van der Waals surface area contributed by atoms with Gasteiger partial charge in [-0.1, -0.05) is 26.0 Å². The molecule has 8 nitrogen and oxygen atoms in total. The number of benzene rings is 1. The third kappa shape index (κ3) is 7.34. The lowest BCUT2D eigenvalue weighted by atomic mass is 10.1. The molecule has 0 spiro atoms. The Morgan fingerprint density at radius 3 is 2.73 bits per heavy atom. The molecular weight excluding hydrogens is 531 g/mol. The van der Waals surface area contributed by atoms with E-state index in [-0.39, 0.29) is 35.6 Å². The second-order valence-electron chi connectivity index (χ2n) is 8.03. The van der Waals surface area contributed by atoms with Gasteiger partial charge in [-0.2, -0.15) is 5.10 Å². The Labute approximate surface area is 212 Å². The summed E-state index contributed by atoms with van der Waals surface area (Å²) in [4.78, 5) is 19.1. The fourth-order valence-corrected chi connectivity index (χ4v) is 3.48.